The topological polar surface area (TPSA) is 52.0 Å². The minimum absolute atomic E-state index is 0.253. The normalized spacial score (nSPS) is 11.0. The van der Waals surface area contributed by atoms with Gasteiger partial charge in [0.2, 0.25) is 0 Å². The van der Waals surface area contributed by atoms with Crippen molar-refractivity contribution in [3.63, 3.8) is 0 Å². The molecule has 0 spiro atoms. The van der Waals surface area contributed by atoms with Gasteiger partial charge in [0.25, 0.3) is 0 Å². The quantitative estimate of drug-likeness (QED) is 0.710. The molecule has 0 radical (unpaired) electrons. The largest absolute Gasteiger partial charge is 0.451 e. The Balaban J connectivity index is 2.19. The number of furan rings is 1. The molecule has 0 unspecified atom stereocenters. The zero-order chi connectivity index (χ0) is 12.7. The lowest BCUT2D eigenvalue weighted by Crippen LogP contribution is -1.93. The fourth-order valence-corrected chi connectivity index (χ4v) is 1.86. The van der Waals surface area contributed by atoms with Crippen LogP contribution in [0.2, 0.25) is 0 Å². The van der Waals surface area contributed by atoms with E-state index in [1.807, 2.05) is 6.92 Å². The van der Waals surface area contributed by atoms with Gasteiger partial charge >= 0.3 is 0 Å². The number of pyridine rings is 1. The van der Waals surface area contributed by atoms with Gasteiger partial charge in [0.15, 0.2) is 17.2 Å². The highest BCUT2D eigenvalue weighted by atomic mass is 19.1. The van der Waals surface area contributed by atoms with E-state index in [9.17, 15) is 4.39 Å². The summed E-state index contributed by atoms with van der Waals surface area (Å²) in [5.74, 6) is 0.170. The third kappa shape index (κ3) is 1.62. The molecule has 3 rings (SSSR count). The molecule has 0 atom stereocenters. The summed E-state index contributed by atoms with van der Waals surface area (Å²) >= 11 is 0. The standard InChI is InChI=1S/C14H11FN2O/c1-8-11(16)5-6-12(17-8)13-7-9-3-2-4-10(15)14(9)18-13/h2-7H,16H2,1H3. The molecule has 2 N–H and O–H groups in total. The van der Waals surface area contributed by atoms with Crippen LogP contribution in [0.25, 0.3) is 22.4 Å². The predicted molar refractivity (Wildman–Crippen MR) is 68.6 cm³/mol. The molecule has 2 aromatic heterocycles. The van der Waals surface area contributed by atoms with Gasteiger partial charge in [0, 0.05) is 5.39 Å². The summed E-state index contributed by atoms with van der Waals surface area (Å²) in [6.45, 7) is 1.82. The van der Waals surface area contributed by atoms with Gasteiger partial charge in [-0.25, -0.2) is 9.37 Å². The maximum Gasteiger partial charge on any atom is 0.170 e. The van der Waals surface area contributed by atoms with E-state index in [2.05, 4.69) is 4.98 Å². The first-order valence-electron chi connectivity index (χ1n) is 5.57. The summed E-state index contributed by atoms with van der Waals surface area (Å²) in [5, 5.41) is 0.723. The second-order valence-corrected chi connectivity index (χ2v) is 4.14. The fourth-order valence-electron chi connectivity index (χ4n) is 1.86. The highest BCUT2D eigenvalue weighted by molar-refractivity contribution is 5.82. The lowest BCUT2D eigenvalue weighted by molar-refractivity contribution is 0.567. The molecule has 4 heteroatoms. The molecule has 0 saturated heterocycles. The minimum atomic E-state index is -0.370. The first kappa shape index (κ1) is 10.8. The summed E-state index contributed by atoms with van der Waals surface area (Å²) in [6.07, 6.45) is 0. The molecule has 3 aromatic rings. The third-order valence-corrected chi connectivity index (χ3v) is 2.88. The number of rotatable bonds is 1. The Labute approximate surface area is 103 Å². The van der Waals surface area contributed by atoms with Crippen molar-refractivity contribution in [3.8, 4) is 11.5 Å². The van der Waals surface area contributed by atoms with E-state index in [-0.39, 0.29) is 11.4 Å². The van der Waals surface area contributed by atoms with E-state index in [1.165, 1.54) is 6.07 Å². The van der Waals surface area contributed by atoms with Crippen LogP contribution >= 0.6 is 0 Å². The highest BCUT2D eigenvalue weighted by Gasteiger charge is 2.11. The Morgan fingerprint density at radius 2 is 2.06 bits per heavy atom. The van der Waals surface area contributed by atoms with Crippen LogP contribution in [-0.4, -0.2) is 4.98 Å². The van der Waals surface area contributed by atoms with E-state index in [0.29, 0.717) is 17.1 Å². The average Bonchev–Trinajstić information content (AvgIpc) is 2.78. The smallest absolute Gasteiger partial charge is 0.170 e. The third-order valence-electron chi connectivity index (χ3n) is 2.88. The van der Waals surface area contributed by atoms with Gasteiger partial charge < -0.3 is 10.2 Å². The van der Waals surface area contributed by atoms with Crippen molar-refractivity contribution >= 4 is 16.7 Å². The minimum Gasteiger partial charge on any atom is -0.451 e. The van der Waals surface area contributed by atoms with E-state index in [4.69, 9.17) is 10.2 Å². The number of hydrogen-bond donors (Lipinski definition) is 1. The van der Waals surface area contributed by atoms with E-state index in [0.717, 1.165) is 11.1 Å². The first-order valence-corrected chi connectivity index (χ1v) is 5.57. The molecule has 0 fully saturated rings. The zero-order valence-electron chi connectivity index (χ0n) is 9.77. The molecule has 0 bridgehead atoms. The predicted octanol–water partition coefficient (Wildman–Crippen LogP) is 3.52. The van der Waals surface area contributed by atoms with E-state index in [1.54, 1.807) is 30.3 Å². The van der Waals surface area contributed by atoms with Gasteiger partial charge in [-0.15, -0.1) is 0 Å². The van der Waals surface area contributed by atoms with Gasteiger partial charge in [-0.3, -0.25) is 0 Å². The van der Waals surface area contributed by atoms with Crippen LogP contribution in [0.3, 0.4) is 0 Å². The van der Waals surface area contributed by atoms with Crippen molar-refractivity contribution in [1.82, 2.24) is 4.98 Å². The number of aromatic nitrogens is 1. The molecule has 18 heavy (non-hydrogen) atoms. The van der Waals surface area contributed by atoms with Gasteiger partial charge in [-0.2, -0.15) is 0 Å². The number of hydrogen-bond acceptors (Lipinski definition) is 3. The van der Waals surface area contributed by atoms with Crippen LogP contribution in [0, 0.1) is 12.7 Å². The summed E-state index contributed by atoms with van der Waals surface area (Å²) in [5.41, 5.74) is 7.97. The lowest BCUT2D eigenvalue weighted by atomic mass is 10.2. The SMILES string of the molecule is Cc1nc(-c2cc3cccc(F)c3o2)ccc1N. The summed E-state index contributed by atoms with van der Waals surface area (Å²) < 4.78 is 19.0. The van der Waals surface area contributed by atoms with Crippen LogP contribution in [0.4, 0.5) is 10.1 Å². The van der Waals surface area contributed by atoms with Gasteiger partial charge in [-0.1, -0.05) is 12.1 Å². The van der Waals surface area contributed by atoms with Crippen LogP contribution in [0.5, 0.6) is 0 Å². The number of anilines is 1. The maximum atomic E-state index is 13.5. The van der Waals surface area contributed by atoms with Crippen molar-refractivity contribution in [2.24, 2.45) is 0 Å². The Morgan fingerprint density at radius 3 is 2.78 bits per heavy atom. The Kier molecular flexibility index (Phi) is 2.30. The Morgan fingerprint density at radius 1 is 1.22 bits per heavy atom. The van der Waals surface area contributed by atoms with E-state index >= 15 is 0 Å². The van der Waals surface area contributed by atoms with Crippen molar-refractivity contribution in [2.75, 3.05) is 5.73 Å². The molecule has 0 aliphatic rings. The number of para-hydroxylation sites is 1. The summed E-state index contributed by atoms with van der Waals surface area (Å²) in [6, 6.07) is 10.1. The molecule has 90 valence electrons. The highest BCUT2D eigenvalue weighted by Crippen LogP contribution is 2.28. The monoisotopic (exact) mass is 242 g/mol. The summed E-state index contributed by atoms with van der Waals surface area (Å²) in [7, 11) is 0. The number of nitrogen functional groups attached to an aromatic ring is 1. The zero-order valence-corrected chi connectivity index (χ0v) is 9.77. The van der Waals surface area contributed by atoms with Crippen molar-refractivity contribution < 1.29 is 8.81 Å². The molecule has 3 nitrogen and oxygen atoms in total. The molecule has 1 aromatic carbocycles. The van der Waals surface area contributed by atoms with Crippen molar-refractivity contribution in [3.05, 3.63) is 47.9 Å². The molecular formula is C14H11FN2O. The number of benzene rings is 1. The summed E-state index contributed by atoms with van der Waals surface area (Å²) in [4.78, 5) is 4.33. The lowest BCUT2D eigenvalue weighted by Gasteiger charge is -2.00. The molecule has 0 amide bonds. The number of aryl methyl sites for hydroxylation is 1. The number of nitrogens with two attached hydrogens (primary N) is 1. The van der Waals surface area contributed by atoms with Gasteiger partial charge in [0.1, 0.15) is 5.69 Å². The van der Waals surface area contributed by atoms with Crippen molar-refractivity contribution in [1.29, 1.82) is 0 Å². The number of nitrogens with zero attached hydrogens (tertiary/aromatic N) is 1. The average molecular weight is 242 g/mol. The van der Waals surface area contributed by atoms with Crippen molar-refractivity contribution in [2.45, 2.75) is 6.92 Å². The molecule has 0 aliphatic heterocycles. The fraction of sp³-hybridized carbons (Fsp3) is 0.0714. The van der Waals surface area contributed by atoms with Gasteiger partial charge in [-0.05, 0) is 31.2 Å². The van der Waals surface area contributed by atoms with Crippen LogP contribution in [0.1, 0.15) is 5.69 Å². The molecular weight excluding hydrogens is 231 g/mol. The maximum absolute atomic E-state index is 13.5. The Hall–Kier alpha value is -2.36. The number of halogens is 1. The van der Waals surface area contributed by atoms with E-state index < -0.39 is 0 Å². The molecule has 0 saturated carbocycles. The Bertz CT molecular complexity index is 734. The first-order chi connectivity index (χ1) is 8.65. The second kappa shape index (κ2) is 3.84. The van der Waals surface area contributed by atoms with Crippen LogP contribution in [-0.2, 0) is 0 Å². The second-order valence-electron chi connectivity index (χ2n) is 4.14. The number of fused-ring (bicyclic) bond motifs is 1. The molecule has 2 heterocycles. The van der Waals surface area contributed by atoms with Crippen LogP contribution < -0.4 is 5.73 Å². The molecule has 0 aliphatic carbocycles. The van der Waals surface area contributed by atoms with Gasteiger partial charge in [0.05, 0.1) is 11.4 Å². The van der Waals surface area contributed by atoms with Crippen LogP contribution in [0.15, 0.2) is 40.8 Å².